The van der Waals surface area contributed by atoms with Gasteiger partial charge in [-0.3, -0.25) is 9.48 Å². The molecule has 0 aliphatic rings. The summed E-state index contributed by atoms with van der Waals surface area (Å²) >= 11 is 0. The lowest BCUT2D eigenvalue weighted by Crippen LogP contribution is -2.34. The van der Waals surface area contributed by atoms with Crippen LogP contribution in [0.3, 0.4) is 0 Å². The number of carbonyl (C=O) groups is 1. The maximum absolute atomic E-state index is 13.3. The van der Waals surface area contributed by atoms with Crippen LogP contribution in [0.15, 0.2) is 42.6 Å². The van der Waals surface area contributed by atoms with Crippen LogP contribution in [-0.2, 0) is 17.9 Å². The zero-order valence-electron chi connectivity index (χ0n) is 18.9. The molecule has 166 valence electrons. The zero-order valence-corrected chi connectivity index (χ0v) is 18.9. The van der Waals surface area contributed by atoms with E-state index in [9.17, 15) is 9.18 Å². The van der Waals surface area contributed by atoms with Gasteiger partial charge in [0.15, 0.2) is 0 Å². The van der Waals surface area contributed by atoms with E-state index in [1.165, 1.54) is 12.1 Å². The number of rotatable bonds is 9. The maximum Gasteiger partial charge on any atom is 0.219 e. The molecule has 0 saturated heterocycles. The van der Waals surface area contributed by atoms with Gasteiger partial charge in [-0.2, -0.15) is 5.10 Å². The van der Waals surface area contributed by atoms with E-state index < -0.39 is 0 Å². The van der Waals surface area contributed by atoms with Crippen molar-refractivity contribution in [1.29, 1.82) is 0 Å². The van der Waals surface area contributed by atoms with Crippen molar-refractivity contribution >= 4 is 16.8 Å². The highest BCUT2D eigenvalue weighted by Crippen LogP contribution is 2.31. The summed E-state index contributed by atoms with van der Waals surface area (Å²) in [4.78, 5) is 16.2. The van der Waals surface area contributed by atoms with Gasteiger partial charge in [-0.1, -0.05) is 13.8 Å². The van der Waals surface area contributed by atoms with Crippen LogP contribution in [0.25, 0.3) is 10.9 Å². The van der Waals surface area contributed by atoms with Crippen LogP contribution in [-0.4, -0.2) is 52.7 Å². The van der Waals surface area contributed by atoms with E-state index in [2.05, 4.69) is 25.0 Å². The van der Waals surface area contributed by atoms with E-state index >= 15 is 0 Å². The Morgan fingerprint density at radius 3 is 2.48 bits per heavy atom. The normalized spacial score (nSPS) is 11.5. The fourth-order valence-electron chi connectivity index (χ4n) is 3.36. The number of carbonyl (C=O) groups excluding carboxylic acids is 1. The standard InChI is InChI=1S/C24H31FN4O2/c1-17(2)15-29-23-12-20(16-28(18(3)30)11-10-27(4)5)24(13-19(23)14-26-29)31-22-8-6-21(25)7-9-22/h6-9,12-14,17H,10-11,15-16H2,1-5H3. The first-order valence-corrected chi connectivity index (χ1v) is 10.5. The molecule has 0 bridgehead atoms. The summed E-state index contributed by atoms with van der Waals surface area (Å²) in [5.74, 6) is 1.32. The molecule has 3 aromatic rings. The Balaban J connectivity index is 2.00. The highest BCUT2D eigenvalue weighted by atomic mass is 19.1. The van der Waals surface area contributed by atoms with Crippen molar-refractivity contribution < 1.29 is 13.9 Å². The quantitative estimate of drug-likeness (QED) is 0.504. The molecule has 0 radical (unpaired) electrons. The van der Waals surface area contributed by atoms with Crippen LogP contribution in [0.2, 0.25) is 0 Å². The van der Waals surface area contributed by atoms with Gasteiger partial charge in [0.05, 0.1) is 11.7 Å². The average molecular weight is 427 g/mol. The van der Waals surface area contributed by atoms with Crippen LogP contribution in [0.4, 0.5) is 4.39 Å². The molecule has 7 heteroatoms. The summed E-state index contributed by atoms with van der Waals surface area (Å²) in [7, 11) is 3.97. The van der Waals surface area contributed by atoms with Crippen LogP contribution in [0.5, 0.6) is 11.5 Å². The second kappa shape index (κ2) is 9.92. The number of ether oxygens (including phenoxy) is 1. The highest BCUT2D eigenvalue weighted by molar-refractivity contribution is 5.82. The van der Waals surface area contributed by atoms with E-state index in [1.807, 2.05) is 40.8 Å². The Morgan fingerprint density at radius 2 is 1.87 bits per heavy atom. The first-order valence-electron chi connectivity index (χ1n) is 10.5. The molecule has 0 aliphatic heterocycles. The molecule has 6 nitrogen and oxygen atoms in total. The molecule has 0 unspecified atom stereocenters. The predicted octanol–water partition coefficient (Wildman–Crippen LogP) is 4.53. The number of nitrogens with zero attached hydrogens (tertiary/aromatic N) is 4. The van der Waals surface area contributed by atoms with Crippen LogP contribution in [0, 0.1) is 11.7 Å². The lowest BCUT2D eigenvalue weighted by Gasteiger charge is -2.24. The Kier molecular flexibility index (Phi) is 7.28. The monoisotopic (exact) mass is 426 g/mol. The molecule has 0 aliphatic carbocycles. The second-order valence-corrected chi connectivity index (χ2v) is 8.54. The number of amides is 1. The lowest BCUT2D eigenvalue weighted by atomic mass is 10.1. The largest absolute Gasteiger partial charge is 0.457 e. The van der Waals surface area contributed by atoms with Gasteiger partial charge < -0.3 is 14.5 Å². The molecule has 1 aromatic heterocycles. The summed E-state index contributed by atoms with van der Waals surface area (Å²) in [6, 6.07) is 9.93. The molecule has 0 fully saturated rings. The molecule has 2 aromatic carbocycles. The van der Waals surface area contributed by atoms with Gasteiger partial charge in [-0.05, 0) is 56.4 Å². The van der Waals surface area contributed by atoms with Gasteiger partial charge in [-0.15, -0.1) is 0 Å². The van der Waals surface area contributed by atoms with Gasteiger partial charge >= 0.3 is 0 Å². The summed E-state index contributed by atoms with van der Waals surface area (Å²) in [6.07, 6.45) is 1.83. The fourth-order valence-corrected chi connectivity index (χ4v) is 3.36. The molecule has 3 rings (SSSR count). The van der Waals surface area contributed by atoms with E-state index in [1.54, 1.807) is 19.1 Å². The van der Waals surface area contributed by atoms with E-state index in [0.29, 0.717) is 30.5 Å². The zero-order chi connectivity index (χ0) is 22.5. The van der Waals surface area contributed by atoms with Crippen molar-refractivity contribution in [2.24, 2.45) is 5.92 Å². The van der Waals surface area contributed by atoms with Crippen molar-refractivity contribution in [2.45, 2.75) is 33.9 Å². The first kappa shape index (κ1) is 22.7. The smallest absolute Gasteiger partial charge is 0.219 e. The number of hydrogen-bond donors (Lipinski definition) is 0. The SMILES string of the molecule is CC(=O)N(CCN(C)C)Cc1cc2c(cnn2CC(C)C)cc1Oc1ccc(F)cc1. The summed E-state index contributed by atoms with van der Waals surface area (Å²) in [5, 5.41) is 5.50. The molecule has 0 atom stereocenters. The van der Waals surface area contributed by atoms with E-state index in [-0.39, 0.29) is 11.7 Å². The summed E-state index contributed by atoms with van der Waals surface area (Å²) in [5.41, 5.74) is 1.89. The third-order valence-corrected chi connectivity index (χ3v) is 5.03. The molecule has 0 saturated carbocycles. The fraction of sp³-hybridized carbons (Fsp3) is 0.417. The number of benzene rings is 2. The summed E-state index contributed by atoms with van der Waals surface area (Å²) in [6.45, 7) is 8.49. The minimum atomic E-state index is -0.315. The third-order valence-electron chi connectivity index (χ3n) is 5.03. The van der Waals surface area contributed by atoms with Gasteiger partial charge in [-0.25, -0.2) is 4.39 Å². The van der Waals surface area contributed by atoms with Crippen molar-refractivity contribution in [2.75, 3.05) is 27.2 Å². The van der Waals surface area contributed by atoms with Crippen molar-refractivity contribution in [3.63, 3.8) is 0 Å². The van der Waals surface area contributed by atoms with Crippen molar-refractivity contribution in [1.82, 2.24) is 19.6 Å². The Hall–Kier alpha value is -2.93. The van der Waals surface area contributed by atoms with Crippen LogP contribution >= 0.6 is 0 Å². The molecule has 1 heterocycles. The third kappa shape index (κ3) is 6.04. The first-order chi connectivity index (χ1) is 14.7. The van der Waals surface area contributed by atoms with E-state index in [0.717, 1.165) is 29.6 Å². The Bertz CT molecular complexity index is 1030. The van der Waals surface area contributed by atoms with Gasteiger partial charge in [0, 0.05) is 44.1 Å². The van der Waals surface area contributed by atoms with E-state index in [4.69, 9.17) is 4.74 Å². The molecule has 0 N–H and O–H groups in total. The minimum absolute atomic E-state index is 0.00497. The van der Waals surface area contributed by atoms with Crippen LogP contribution < -0.4 is 4.74 Å². The highest BCUT2D eigenvalue weighted by Gasteiger charge is 2.17. The Labute approximate surface area is 183 Å². The van der Waals surface area contributed by atoms with Gasteiger partial charge in [0.25, 0.3) is 0 Å². The minimum Gasteiger partial charge on any atom is -0.457 e. The molecule has 31 heavy (non-hydrogen) atoms. The van der Waals surface area contributed by atoms with Crippen molar-refractivity contribution in [3.8, 4) is 11.5 Å². The number of hydrogen-bond acceptors (Lipinski definition) is 4. The number of fused-ring (bicyclic) bond motifs is 1. The second-order valence-electron chi connectivity index (χ2n) is 8.54. The van der Waals surface area contributed by atoms with Gasteiger partial charge in [0.1, 0.15) is 17.3 Å². The number of aromatic nitrogens is 2. The van der Waals surface area contributed by atoms with Crippen molar-refractivity contribution in [3.05, 3.63) is 54.0 Å². The maximum atomic E-state index is 13.3. The topological polar surface area (TPSA) is 50.6 Å². The Morgan fingerprint density at radius 1 is 1.16 bits per heavy atom. The molecular formula is C24H31FN4O2. The molecular weight excluding hydrogens is 395 g/mol. The summed E-state index contributed by atoms with van der Waals surface area (Å²) < 4.78 is 21.4. The van der Waals surface area contributed by atoms with Gasteiger partial charge in [0.2, 0.25) is 5.91 Å². The number of likely N-dealkylation sites (N-methyl/N-ethyl adjacent to an activating group) is 1. The average Bonchev–Trinajstić information content (AvgIpc) is 3.07. The molecule has 0 spiro atoms. The number of halogens is 1. The molecule has 1 amide bonds. The lowest BCUT2D eigenvalue weighted by molar-refractivity contribution is -0.129. The van der Waals surface area contributed by atoms with Crippen LogP contribution in [0.1, 0.15) is 26.3 Å². The predicted molar refractivity (Wildman–Crippen MR) is 121 cm³/mol.